The van der Waals surface area contributed by atoms with Crippen molar-refractivity contribution in [2.24, 2.45) is 5.41 Å². The summed E-state index contributed by atoms with van der Waals surface area (Å²) in [5, 5.41) is 0. The molecule has 3 nitrogen and oxygen atoms in total. The van der Waals surface area contributed by atoms with Gasteiger partial charge in [-0.2, -0.15) is 0 Å². The lowest BCUT2D eigenvalue weighted by Crippen LogP contribution is -2.16. The van der Waals surface area contributed by atoms with Crippen molar-refractivity contribution in [2.45, 2.75) is 182 Å². The van der Waals surface area contributed by atoms with Gasteiger partial charge >= 0.3 is 0 Å². The van der Waals surface area contributed by atoms with Gasteiger partial charge in [0.05, 0.1) is 13.2 Å². The molecule has 0 atom stereocenters. The molecule has 206 valence electrons. The first-order chi connectivity index (χ1) is 16.6. The van der Waals surface area contributed by atoms with E-state index >= 15 is 0 Å². The first-order valence-electron chi connectivity index (χ1n) is 15.5. The molecule has 0 bridgehead atoms. The maximum atomic E-state index is 5.38. The summed E-state index contributed by atoms with van der Waals surface area (Å²) in [4.78, 5) is 10.8. The van der Waals surface area contributed by atoms with E-state index in [-0.39, 0.29) is 0 Å². The molecule has 0 radical (unpaired) electrons. The van der Waals surface area contributed by atoms with Gasteiger partial charge in [0.15, 0.2) is 0 Å². The Hall–Kier alpha value is -0.120. The van der Waals surface area contributed by atoms with Crippen LogP contribution in [0.25, 0.3) is 0 Å². The van der Waals surface area contributed by atoms with Crippen LogP contribution in [-0.4, -0.2) is 13.2 Å². The van der Waals surface area contributed by atoms with Gasteiger partial charge in [0, 0.05) is 0 Å². The fourth-order valence-corrected chi connectivity index (χ4v) is 4.56. The highest BCUT2D eigenvalue weighted by molar-refractivity contribution is 4.61. The van der Waals surface area contributed by atoms with E-state index < -0.39 is 0 Å². The van der Waals surface area contributed by atoms with Gasteiger partial charge in [0.1, 0.15) is 0 Å². The zero-order valence-corrected chi connectivity index (χ0v) is 24.2. The molecule has 3 heteroatoms. The van der Waals surface area contributed by atoms with Crippen LogP contribution in [0.3, 0.4) is 0 Å². The van der Waals surface area contributed by atoms with E-state index in [2.05, 4.69) is 33.3 Å². The van der Waals surface area contributed by atoms with Crippen molar-refractivity contribution in [3.8, 4) is 0 Å². The summed E-state index contributed by atoms with van der Waals surface area (Å²) in [6.07, 6.45) is 32.9. The Balaban J connectivity index is 3.03. The largest absolute Gasteiger partial charge is 0.277 e. The molecule has 0 saturated heterocycles. The number of unbranched alkanes of at least 4 members (excludes halogenated alkanes) is 21. The summed E-state index contributed by atoms with van der Waals surface area (Å²) in [5.41, 5.74) is 3.19. The summed E-state index contributed by atoms with van der Waals surface area (Å²) >= 11 is 0. The molecule has 0 aromatic heterocycles. The highest BCUT2D eigenvalue weighted by atomic mass is 16.9. The lowest BCUT2D eigenvalue weighted by molar-refractivity contribution is -0.171. The van der Waals surface area contributed by atoms with Crippen LogP contribution in [0.5, 0.6) is 0 Å². The van der Waals surface area contributed by atoms with Crippen molar-refractivity contribution in [3.05, 3.63) is 0 Å². The van der Waals surface area contributed by atoms with Gasteiger partial charge in [-0.3, -0.25) is 9.68 Å². The van der Waals surface area contributed by atoms with E-state index in [0.29, 0.717) is 5.41 Å². The minimum atomic E-state index is 0.514. The van der Waals surface area contributed by atoms with Crippen LogP contribution in [0, 0.1) is 5.41 Å². The third-order valence-corrected chi connectivity index (χ3v) is 6.89. The Kier molecular flexibility index (Phi) is 27.4. The van der Waals surface area contributed by atoms with E-state index in [9.17, 15) is 0 Å². The molecule has 0 unspecified atom stereocenters. The highest BCUT2D eigenvalue weighted by Crippen LogP contribution is 2.22. The quantitative estimate of drug-likeness (QED) is 0.0886. The fraction of sp³-hybridized carbons (Fsp3) is 1.00. The molecular formula is C31H65NO2. The van der Waals surface area contributed by atoms with Gasteiger partial charge in [-0.25, -0.2) is 0 Å². The third kappa shape index (κ3) is 31.9. The van der Waals surface area contributed by atoms with Crippen molar-refractivity contribution < 1.29 is 9.68 Å². The lowest BCUT2D eigenvalue weighted by atomic mass is 9.89. The Labute approximate surface area is 215 Å². The molecule has 0 aromatic carbocycles. The van der Waals surface area contributed by atoms with E-state index in [4.69, 9.17) is 9.68 Å². The average molecular weight is 484 g/mol. The molecule has 0 spiro atoms. The molecule has 0 saturated carbocycles. The Morgan fingerprint density at radius 3 is 1.03 bits per heavy atom. The van der Waals surface area contributed by atoms with Crippen molar-refractivity contribution in [1.29, 1.82) is 0 Å². The zero-order chi connectivity index (χ0) is 25.0. The first-order valence-corrected chi connectivity index (χ1v) is 15.5. The standard InChI is InChI=1S/C31H65NO2/c1-5-6-7-8-9-10-11-14-17-20-23-26-29-33-32-34-30-27-24-21-18-15-12-13-16-19-22-25-28-31(2,3)4/h32H,5-30H2,1-4H3. The van der Waals surface area contributed by atoms with E-state index in [0.717, 1.165) is 26.1 Å². The average Bonchev–Trinajstić information content (AvgIpc) is 2.80. The Morgan fingerprint density at radius 1 is 0.412 bits per heavy atom. The number of rotatable bonds is 28. The molecule has 34 heavy (non-hydrogen) atoms. The topological polar surface area (TPSA) is 30.5 Å². The second kappa shape index (κ2) is 27.5. The maximum Gasteiger partial charge on any atom is 0.0709 e. The molecule has 0 aliphatic rings. The molecule has 0 aliphatic heterocycles. The molecular weight excluding hydrogens is 418 g/mol. The highest BCUT2D eigenvalue weighted by Gasteiger charge is 2.08. The first kappa shape index (κ1) is 33.9. The van der Waals surface area contributed by atoms with Gasteiger partial charge in [0.25, 0.3) is 0 Å². The molecule has 0 amide bonds. The second-order valence-corrected chi connectivity index (χ2v) is 11.9. The molecule has 0 aromatic rings. The van der Waals surface area contributed by atoms with Crippen LogP contribution in [0.15, 0.2) is 0 Å². The van der Waals surface area contributed by atoms with E-state index in [1.807, 2.05) is 0 Å². The molecule has 0 aliphatic carbocycles. The molecule has 1 N–H and O–H groups in total. The smallest absolute Gasteiger partial charge is 0.0709 e. The second-order valence-electron chi connectivity index (χ2n) is 11.9. The maximum absolute atomic E-state index is 5.38. The molecule has 0 rings (SSSR count). The monoisotopic (exact) mass is 484 g/mol. The number of nitrogens with one attached hydrogen (secondary N) is 1. The summed E-state index contributed by atoms with van der Waals surface area (Å²) in [7, 11) is 0. The molecule has 0 fully saturated rings. The van der Waals surface area contributed by atoms with Crippen molar-refractivity contribution in [2.75, 3.05) is 13.2 Å². The summed E-state index contributed by atoms with van der Waals surface area (Å²) in [5.74, 6) is 0. The van der Waals surface area contributed by atoms with Crippen LogP contribution in [0.2, 0.25) is 0 Å². The van der Waals surface area contributed by atoms with Crippen LogP contribution >= 0.6 is 0 Å². The van der Waals surface area contributed by atoms with Gasteiger partial charge in [-0.1, -0.05) is 168 Å². The van der Waals surface area contributed by atoms with Gasteiger partial charge < -0.3 is 0 Å². The Morgan fingerprint density at radius 2 is 0.706 bits per heavy atom. The normalized spacial score (nSPS) is 12.0. The predicted octanol–water partition coefficient (Wildman–Crippen LogP) is 10.9. The summed E-state index contributed by atoms with van der Waals surface area (Å²) in [6.45, 7) is 10.9. The van der Waals surface area contributed by atoms with Crippen LogP contribution in [0.1, 0.15) is 182 Å². The van der Waals surface area contributed by atoms with Crippen LogP contribution in [-0.2, 0) is 9.68 Å². The fourth-order valence-electron chi connectivity index (χ4n) is 4.56. The number of hydrogen-bond acceptors (Lipinski definition) is 3. The van der Waals surface area contributed by atoms with Crippen LogP contribution < -0.4 is 5.64 Å². The van der Waals surface area contributed by atoms with Crippen molar-refractivity contribution in [3.63, 3.8) is 0 Å². The minimum Gasteiger partial charge on any atom is -0.277 e. The van der Waals surface area contributed by atoms with Gasteiger partial charge in [0.2, 0.25) is 0 Å². The van der Waals surface area contributed by atoms with Crippen molar-refractivity contribution in [1.82, 2.24) is 5.64 Å². The number of hydrogen-bond donors (Lipinski definition) is 1. The zero-order valence-electron chi connectivity index (χ0n) is 24.2. The summed E-state index contributed by atoms with van der Waals surface area (Å²) in [6, 6.07) is 0. The summed E-state index contributed by atoms with van der Waals surface area (Å²) < 4.78 is 0. The van der Waals surface area contributed by atoms with Gasteiger partial charge in [-0.05, 0) is 24.7 Å². The van der Waals surface area contributed by atoms with Crippen LogP contribution in [0.4, 0.5) is 0 Å². The minimum absolute atomic E-state index is 0.514. The van der Waals surface area contributed by atoms with Crippen molar-refractivity contribution >= 4 is 0 Å². The van der Waals surface area contributed by atoms with Gasteiger partial charge in [-0.15, -0.1) is 0 Å². The predicted molar refractivity (Wildman–Crippen MR) is 151 cm³/mol. The molecule has 0 heterocycles. The van der Waals surface area contributed by atoms with E-state index in [1.165, 1.54) is 141 Å². The van der Waals surface area contributed by atoms with E-state index in [1.54, 1.807) is 0 Å². The third-order valence-electron chi connectivity index (χ3n) is 6.89. The lowest BCUT2D eigenvalue weighted by Gasteiger charge is -2.17. The Bertz CT molecular complexity index is 367. The SMILES string of the molecule is CCCCCCCCCCCCCCONOCCCCCCCCCCCCCC(C)(C)C.